The van der Waals surface area contributed by atoms with Gasteiger partial charge in [0.05, 0.1) is 0 Å². The Morgan fingerprint density at radius 1 is 1.05 bits per heavy atom. The number of oxime groups is 1. The second-order valence-corrected chi connectivity index (χ2v) is 5.07. The molecule has 2 rings (SSSR count). The first-order valence-corrected chi connectivity index (χ1v) is 6.03. The highest BCUT2D eigenvalue weighted by atomic mass is 19.2. The molecule has 0 amide bonds. The van der Waals surface area contributed by atoms with Crippen LogP contribution in [0.1, 0.15) is 19.3 Å². The molecule has 4 nitrogen and oxygen atoms in total. The molecule has 0 heterocycles. The summed E-state index contributed by atoms with van der Waals surface area (Å²) >= 11 is 0. The van der Waals surface area contributed by atoms with Crippen LogP contribution in [0.2, 0.25) is 0 Å². The number of rotatable bonds is 5. The van der Waals surface area contributed by atoms with Crippen molar-refractivity contribution in [1.29, 1.82) is 0 Å². The molecule has 9 heteroatoms. The predicted molar refractivity (Wildman–Crippen MR) is 64.4 cm³/mol. The number of hydrogen-bond donors (Lipinski definition) is 3. The summed E-state index contributed by atoms with van der Waals surface area (Å²) in [6.07, 6.45) is 1.42. The van der Waals surface area contributed by atoms with Crippen LogP contribution in [0.25, 0.3) is 0 Å². The van der Waals surface area contributed by atoms with Crippen LogP contribution >= 0.6 is 0 Å². The highest BCUT2D eigenvalue weighted by molar-refractivity contribution is 5.80. The summed E-state index contributed by atoms with van der Waals surface area (Å²) in [5.74, 6) is -10.1. The van der Waals surface area contributed by atoms with E-state index in [9.17, 15) is 22.0 Å². The lowest BCUT2D eigenvalue weighted by Crippen LogP contribution is -2.24. The second kappa shape index (κ2) is 5.38. The Morgan fingerprint density at radius 3 is 1.95 bits per heavy atom. The standard InChI is InChI=1S/C12H12F5N3O/c13-6-7(14)9(16)11(10(17)8(6)15)19-4-12(1-2-12)3-5(18)20-21/h19,21H,1-4H2,(H2,18,20). The quantitative estimate of drug-likeness (QED) is 0.149. The summed E-state index contributed by atoms with van der Waals surface area (Å²) < 4.78 is 65.9. The fourth-order valence-corrected chi connectivity index (χ4v) is 2.05. The van der Waals surface area contributed by atoms with E-state index in [4.69, 9.17) is 10.9 Å². The van der Waals surface area contributed by atoms with Crippen LogP contribution in [0.15, 0.2) is 5.16 Å². The Hall–Kier alpha value is -2.06. The minimum absolute atomic E-state index is 0.0540. The number of nitrogens with two attached hydrogens (primary N) is 1. The molecule has 1 aliphatic carbocycles. The number of anilines is 1. The molecule has 0 unspecified atom stereocenters. The maximum absolute atomic E-state index is 13.5. The van der Waals surface area contributed by atoms with Crippen molar-refractivity contribution < 1.29 is 27.2 Å². The Morgan fingerprint density at radius 2 is 1.52 bits per heavy atom. The van der Waals surface area contributed by atoms with E-state index in [1.807, 2.05) is 0 Å². The Balaban J connectivity index is 2.18. The molecule has 0 aliphatic heterocycles. The maximum atomic E-state index is 13.5. The topological polar surface area (TPSA) is 70.6 Å². The van der Waals surface area contributed by atoms with Crippen molar-refractivity contribution in [2.24, 2.45) is 16.3 Å². The first kappa shape index (κ1) is 15.3. The van der Waals surface area contributed by atoms with Crippen molar-refractivity contribution in [2.45, 2.75) is 19.3 Å². The van der Waals surface area contributed by atoms with Gasteiger partial charge in [-0.1, -0.05) is 5.16 Å². The van der Waals surface area contributed by atoms with E-state index in [1.54, 1.807) is 0 Å². The number of nitrogens with zero attached hydrogens (tertiary/aromatic N) is 1. The zero-order valence-electron chi connectivity index (χ0n) is 10.7. The highest BCUT2D eigenvalue weighted by Gasteiger charge is 2.43. The molecule has 0 saturated heterocycles. The van der Waals surface area contributed by atoms with Crippen molar-refractivity contribution in [3.63, 3.8) is 0 Å². The molecule has 1 aromatic carbocycles. The van der Waals surface area contributed by atoms with Gasteiger partial charge in [0.2, 0.25) is 5.82 Å². The molecule has 0 aromatic heterocycles. The summed E-state index contributed by atoms with van der Waals surface area (Å²) in [4.78, 5) is 0. The summed E-state index contributed by atoms with van der Waals surface area (Å²) in [5, 5.41) is 13.5. The molecular weight excluding hydrogens is 297 g/mol. The largest absolute Gasteiger partial charge is 0.409 e. The molecule has 1 fully saturated rings. The molecule has 0 atom stereocenters. The fourth-order valence-electron chi connectivity index (χ4n) is 2.05. The van der Waals surface area contributed by atoms with E-state index in [0.717, 1.165) is 0 Å². The van der Waals surface area contributed by atoms with E-state index in [-0.39, 0.29) is 18.8 Å². The SMILES string of the molecule is NC(CC1(CNc2c(F)c(F)c(F)c(F)c2F)CC1)=NO. The van der Waals surface area contributed by atoms with Crippen molar-refractivity contribution in [3.8, 4) is 0 Å². The van der Waals surface area contributed by atoms with Crippen LogP contribution in [0.5, 0.6) is 0 Å². The minimum Gasteiger partial charge on any atom is -0.409 e. The Labute approximate surface area is 116 Å². The van der Waals surface area contributed by atoms with Gasteiger partial charge in [0.1, 0.15) is 11.5 Å². The predicted octanol–water partition coefficient (Wildman–Crippen LogP) is 2.71. The number of amidine groups is 1. The first-order chi connectivity index (χ1) is 9.81. The normalized spacial score (nSPS) is 16.9. The monoisotopic (exact) mass is 309 g/mol. The van der Waals surface area contributed by atoms with Crippen LogP contribution in [-0.2, 0) is 0 Å². The third kappa shape index (κ3) is 2.86. The average Bonchev–Trinajstić information content (AvgIpc) is 3.22. The molecule has 116 valence electrons. The summed E-state index contributed by atoms with van der Waals surface area (Å²) in [6, 6.07) is 0. The highest BCUT2D eigenvalue weighted by Crippen LogP contribution is 2.49. The molecule has 1 aromatic rings. The fraction of sp³-hybridized carbons (Fsp3) is 0.417. The summed E-state index contributed by atoms with van der Waals surface area (Å²) in [5.41, 5.74) is 3.77. The summed E-state index contributed by atoms with van der Waals surface area (Å²) in [7, 11) is 0. The van der Waals surface area contributed by atoms with Gasteiger partial charge >= 0.3 is 0 Å². The average molecular weight is 309 g/mol. The minimum atomic E-state index is -2.20. The third-order valence-electron chi connectivity index (χ3n) is 3.49. The smallest absolute Gasteiger partial charge is 0.200 e. The second-order valence-electron chi connectivity index (χ2n) is 5.07. The molecule has 0 radical (unpaired) electrons. The molecule has 4 N–H and O–H groups in total. The Kier molecular flexibility index (Phi) is 3.93. The lowest BCUT2D eigenvalue weighted by molar-refractivity contribution is 0.315. The van der Waals surface area contributed by atoms with Gasteiger partial charge in [-0.05, 0) is 18.3 Å². The van der Waals surface area contributed by atoms with Gasteiger partial charge in [0.25, 0.3) is 0 Å². The van der Waals surface area contributed by atoms with Crippen molar-refractivity contribution in [2.75, 3.05) is 11.9 Å². The number of benzene rings is 1. The van der Waals surface area contributed by atoms with E-state index < -0.39 is 40.2 Å². The molecule has 0 bridgehead atoms. The molecule has 21 heavy (non-hydrogen) atoms. The zero-order valence-corrected chi connectivity index (χ0v) is 10.7. The van der Waals surface area contributed by atoms with Crippen molar-refractivity contribution >= 4 is 11.5 Å². The number of hydrogen-bond acceptors (Lipinski definition) is 3. The van der Waals surface area contributed by atoms with Gasteiger partial charge in [-0.25, -0.2) is 22.0 Å². The Bertz CT molecular complexity index is 572. The van der Waals surface area contributed by atoms with E-state index in [0.29, 0.717) is 12.8 Å². The maximum Gasteiger partial charge on any atom is 0.200 e. The summed E-state index contributed by atoms with van der Waals surface area (Å²) in [6.45, 7) is -0.0540. The van der Waals surface area contributed by atoms with Crippen LogP contribution in [0.4, 0.5) is 27.6 Å². The van der Waals surface area contributed by atoms with Gasteiger partial charge in [0.15, 0.2) is 23.3 Å². The lowest BCUT2D eigenvalue weighted by atomic mass is 10.0. The van der Waals surface area contributed by atoms with E-state index in [1.165, 1.54) is 0 Å². The first-order valence-electron chi connectivity index (χ1n) is 6.03. The van der Waals surface area contributed by atoms with Gasteiger partial charge in [0, 0.05) is 13.0 Å². The molecular formula is C12H12F5N3O. The zero-order chi connectivity index (χ0) is 15.8. The molecule has 1 aliphatic rings. The van der Waals surface area contributed by atoms with Crippen LogP contribution in [-0.4, -0.2) is 17.6 Å². The van der Waals surface area contributed by atoms with Crippen LogP contribution in [0, 0.1) is 34.5 Å². The van der Waals surface area contributed by atoms with Gasteiger partial charge in [-0.3, -0.25) is 0 Å². The number of nitrogens with one attached hydrogen (secondary N) is 1. The van der Waals surface area contributed by atoms with Crippen LogP contribution < -0.4 is 11.1 Å². The molecule has 0 spiro atoms. The van der Waals surface area contributed by atoms with Gasteiger partial charge in [-0.2, -0.15) is 0 Å². The van der Waals surface area contributed by atoms with Gasteiger partial charge < -0.3 is 16.3 Å². The van der Waals surface area contributed by atoms with Crippen LogP contribution in [0.3, 0.4) is 0 Å². The van der Waals surface area contributed by atoms with E-state index in [2.05, 4.69) is 10.5 Å². The van der Waals surface area contributed by atoms with E-state index >= 15 is 0 Å². The number of halogens is 5. The van der Waals surface area contributed by atoms with Crippen molar-refractivity contribution in [1.82, 2.24) is 0 Å². The van der Waals surface area contributed by atoms with Gasteiger partial charge in [-0.15, -0.1) is 0 Å². The van der Waals surface area contributed by atoms with Crippen molar-refractivity contribution in [3.05, 3.63) is 29.1 Å². The molecule has 1 saturated carbocycles. The lowest BCUT2D eigenvalue weighted by Gasteiger charge is -2.17. The third-order valence-corrected chi connectivity index (χ3v) is 3.49.